The molecule has 2 rings (SSSR count). The second-order valence-electron chi connectivity index (χ2n) is 5.17. The lowest BCUT2D eigenvalue weighted by molar-refractivity contribution is 0.184. The fraction of sp³-hybridized carbons (Fsp3) is 0.412. The van der Waals surface area contributed by atoms with Crippen LogP contribution in [-0.4, -0.2) is 7.11 Å². The van der Waals surface area contributed by atoms with Crippen LogP contribution in [-0.2, 0) is 17.9 Å². The van der Waals surface area contributed by atoms with E-state index in [0.29, 0.717) is 6.61 Å². The number of aryl methyl sites for hydroxylation is 2. The van der Waals surface area contributed by atoms with E-state index in [9.17, 15) is 0 Å². The van der Waals surface area contributed by atoms with Crippen molar-refractivity contribution in [1.82, 2.24) is 5.32 Å². The molecule has 0 saturated heterocycles. The monoisotopic (exact) mass is 273 g/mol. The highest BCUT2D eigenvalue weighted by molar-refractivity contribution is 5.27. The van der Waals surface area contributed by atoms with Gasteiger partial charge in [0.25, 0.3) is 0 Å². The highest BCUT2D eigenvalue weighted by Crippen LogP contribution is 2.22. The molecule has 2 aromatic rings. The number of hydrogen-bond acceptors (Lipinski definition) is 3. The Hall–Kier alpha value is -1.58. The fourth-order valence-electron chi connectivity index (χ4n) is 2.48. The number of hydrogen-bond donors (Lipinski definition) is 1. The third-order valence-electron chi connectivity index (χ3n) is 3.56. The third kappa shape index (κ3) is 3.50. The molecule has 1 aromatic heterocycles. The van der Waals surface area contributed by atoms with Gasteiger partial charge in [-0.1, -0.05) is 24.3 Å². The summed E-state index contributed by atoms with van der Waals surface area (Å²) in [6, 6.07) is 10.7. The van der Waals surface area contributed by atoms with Crippen LogP contribution in [0.3, 0.4) is 0 Å². The Balaban J connectivity index is 2.03. The number of ether oxygens (including phenoxy) is 1. The first-order valence-electron chi connectivity index (χ1n) is 6.98. The van der Waals surface area contributed by atoms with Gasteiger partial charge in [0.1, 0.15) is 11.5 Å². The topological polar surface area (TPSA) is 34.4 Å². The smallest absolute Gasteiger partial charge is 0.105 e. The summed E-state index contributed by atoms with van der Waals surface area (Å²) < 4.78 is 10.8. The number of furan rings is 1. The minimum atomic E-state index is 0.267. The zero-order valence-electron chi connectivity index (χ0n) is 12.7. The first kappa shape index (κ1) is 14.8. The van der Waals surface area contributed by atoms with Crippen LogP contribution in [0.25, 0.3) is 0 Å². The van der Waals surface area contributed by atoms with Crippen molar-refractivity contribution in [2.75, 3.05) is 7.11 Å². The van der Waals surface area contributed by atoms with Crippen molar-refractivity contribution in [3.63, 3.8) is 0 Å². The van der Waals surface area contributed by atoms with Gasteiger partial charge in [0.05, 0.1) is 6.61 Å². The predicted octanol–water partition coefficient (Wildman–Crippen LogP) is 3.89. The summed E-state index contributed by atoms with van der Waals surface area (Å²) in [6.07, 6.45) is 0. The lowest BCUT2D eigenvalue weighted by Gasteiger charge is -2.15. The molecule has 1 heterocycles. The first-order valence-corrected chi connectivity index (χ1v) is 6.98. The van der Waals surface area contributed by atoms with Crippen LogP contribution < -0.4 is 5.32 Å². The molecular formula is C17H23NO2. The van der Waals surface area contributed by atoms with E-state index in [-0.39, 0.29) is 6.04 Å². The summed E-state index contributed by atoms with van der Waals surface area (Å²) in [5.74, 6) is 1.96. The highest BCUT2D eigenvalue weighted by Gasteiger charge is 2.12. The van der Waals surface area contributed by atoms with Crippen LogP contribution >= 0.6 is 0 Å². The van der Waals surface area contributed by atoms with Gasteiger partial charge >= 0.3 is 0 Å². The Labute approximate surface area is 121 Å². The SMILES string of the molecule is COCc1ccccc1CNC(C)c1cc(C)oc1C. The minimum absolute atomic E-state index is 0.267. The van der Waals surface area contributed by atoms with Crippen molar-refractivity contribution < 1.29 is 9.15 Å². The Morgan fingerprint density at radius 1 is 1.20 bits per heavy atom. The van der Waals surface area contributed by atoms with Crippen LogP contribution in [0.15, 0.2) is 34.7 Å². The van der Waals surface area contributed by atoms with E-state index in [2.05, 4.69) is 36.5 Å². The summed E-state index contributed by atoms with van der Waals surface area (Å²) in [5, 5.41) is 3.55. The Morgan fingerprint density at radius 3 is 2.50 bits per heavy atom. The van der Waals surface area contributed by atoms with E-state index >= 15 is 0 Å². The maximum Gasteiger partial charge on any atom is 0.105 e. The summed E-state index contributed by atoms with van der Waals surface area (Å²) in [5.41, 5.74) is 3.74. The molecule has 1 N–H and O–H groups in total. The molecule has 0 aliphatic heterocycles. The molecule has 20 heavy (non-hydrogen) atoms. The van der Waals surface area contributed by atoms with Crippen LogP contribution in [0, 0.1) is 13.8 Å². The summed E-state index contributed by atoms with van der Waals surface area (Å²) in [6.45, 7) is 7.63. The number of methoxy groups -OCH3 is 1. The zero-order chi connectivity index (χ0) is 14.5. The number of rotatable bonds is 6. The molecule has 0 spiro atoms. The quantitative estimate of drug-likeness (QED) is 0.867. The van der Waals surface area contributed by atoms with Gasteiger partial charge < -0.3 is 14.5 Å². The van der Waals surface area contributed by atoms with Crippen molar-refractivity contribution in [2.24, 2.45) is 0 Å². The fourth-order valence-corrected chi connectivity index (χ4v) is 2.48. The van der Waals surface area contributed by atoms with Gasteiger partial charge in [-0.05, 0) is 38.0 Å². The van der Waals surface area contributed by atoms with Gasteiger partial charge in [0, 0.05) is 25.3 Å². The molecule has 0 bridgehead atoms. The maximum absolute atomic E-state index is 5.59. The lowest BCUT2D eigenvalue weighted by Crippen LogP contribution is -2.19. The van der Waals surface area contributed by atoms with E-state index in [0.717, 1.165) is 18.1 Å². The molecule has 3 heteroatoms. The van der Waals surface area contributed by atoms with Crippen molar-refractivity contribution in [3.8, 4) is 0 Å². The van der Waals surface area contributed by atoms with Gasteiger partial charge in [-0.2, -0.15) is 0 Å². The third-order valence-corrected chi connectivity index (χ3v) is 3.56. The molecule has 1 unspecified atom stereocenters. The number of nitrogens with one attached hydrogen (secondary N) is 1. The molecule has 1 aromatic carbocycles. The Kier molecular flexibility index (Phi) is 4.99. The van der Waals surface area contributed by atoms with E-state index in [1.54, 1.807) is 7.11 Å². The van der Waals surface area contributed by atoms with Gasteiger partial charge in [-0.15, -0.1) is 0 Å². The lowest BCUT2D eigenvalue weighted by atomic mass is 10.1. The largest absolute Gasteiger partial charge is 0.466 e. The molecule has 0 radical (unpaired) electrons. The van der Waals surface area contributed by atoms with Crippen LogP contribution in [0.1, 0.15) is 41.2 Å². The van der Waals surface area contributed by atoms with Crippen molar-refractivity contribution in [2.45, 2.75) is 40.0 Å². The average molecular weight is 273 g/mol. The molecule has 108 valence electrons. The van der Waals surface area contributed by atoms with E-state index in [1.807, 2.05) is 19.9 Å². The second-order valence-corrected chi connectivity index (χ2v) is 5.17. The molecule has 1 atom stereocenters. The summed E-state index contributed by atoms with van der Waals surface area (Å²) in [4.78, 5) is 0. The molecule has 0 amide bonds. The Bertz CT molecular complexity index is 560. The molecule has 0 aliphatic carbocycles. The van der Waals surface area contributed by atoms with Crippen LogP contribution in [0.2, 0.25) is 0 Å². The van der Waals surface area contributed by atoms with Gasteiger partial charge in [0.15, 0.2) is 0 Å². The van der Waals surface area contributed by atoms with E-state index in [4.69, 9.17) is 9.15 Å². The molecule has 0 aliphatic rings. The summed E-state index contributed by atoms with van der Waals surface area (Å²) >= 11 is 0. The predicted molar refractivity (Wildman–Crippen MR) is 80.6 cm³/mol. The number of benzene rings is 1. The minimum Gasteiger partial charge on any atom is -0.466 e. The van der Waals surface area contributed by atoms with Crippen LogP contribution in [0.4, 0.5) is 0 Å². The first-order chi connectivity index (χ1) is 9.61. The van der Waals surface area contributed by atoms with Crippen LogP contribution in [0.5, 0.6) is 0 Å². The van der Waals surface area contributed by atoms with E-state index in [1.165, 1.54) is 16.7 Å². The maximum atomic E-state index is 5.59. The standard InChI is InChI=1S/C17H23NO2/c1-12-9-17(14(3)20-12)13(2)18-10-15-7-5-6-8-16(15)11-19-4/h5-9,13,18H,10-11H2,1-4H3. The average Bonchev–Trinajstić information content (AvgIpc) is 2.77. The van der Waals surface area contributed by atoms with Crippen molar-refractivity contribution >= 4 is 0 Å². The van der Waals surface area contributed by atoms with E-state index < -0.39 is 0 Å². The van der Waals surface area contributed by atoms with Crippen molar-refractivity contribution in [3.05, 3.63) is 58.5 Å². The highest BCUT2D eigenvalue weighted by atomic mass is 16.5. The van der Waals surface area contributed by atoms with Gasteiger partial charge in [0.2, 0.25) is 0 Å². The zero-order valence-corrected chi connectivity index (χ0v) is 12.7. The van der Waals surface area contributed by atoms with Gasteiger partial charge in [-0.3, -0.25) is 0 Å². The second kappa shape index (κ2) is 6.73. The summed E-state index contributed by atoms with van der Waals surface area (Å²) in [7, 11) is 1.73. The molecule has 3 nitrogen and oxygen atoms in total. The van der Waals surface area contributed by atoms with Crippen molar-refractivity contribution in [1.29, 1.82) is 0 Å². The van der Waals surface area contributed by atoms with Gasteiger partial charge in [-0.25, -0.2) is 0 Å². The molecule has 0 saturated carbocycles. The molecule has 0 fully saturated rings. The Morgan fingerprint density at radius 2 is 1.90 bits per heavy atom. The normalized spacial score (nSPS) is 12.6. The molecular weight excluding hydrogens is 250 g/mol.